The summed E-state index contributed by atoms with van der Waals surface area (Å²) in [5, 5.41) is 16.9. The minimum Gasteiger partial charge on any atom is -0.550 e. The molecule has 1 fully saturated rings. The molecule has 0 saturated heterocycles. The number of carbonyl (C=O) groups is 3. The third-order valence-corrected chi connectivity index (χ3v) is 7.87. The molecule has 0 atom stereocenters. The van der Waals surface area contributed by atoms with E-state index in [1.807, 2.05) is 0 Å². The SMILES string of the molecule is COc1cc2c(Oc3ccc(NC(=O)C4(C(=O)Nc5cccc(Cl)c5)CC4)cc3F)ccnc2cc1OCCCCCCC(=O)[O-].[Na+]. The summed E-state index contributed by atoms with van der Waals surface area (Å²) >= 11 is 5.99. The van der Waals surface area contributed by atoms with Gasteiger partial charge in [0.1, 0.15) is 11.2 Å². The van der Waals surface area contributed by atoms with Gasteiger partial charge in [0.25, 0.3) is 0 Å². The van der Waals surface area contributed by atoms with E-state index in [9.17, 15) is 19.5 Å². The van der Waals surface area contributed by atoms with E-state index in [0.29, 0.717) is 64.7 Å². The van der Waals surface area contributed by atoms with Crippen LogP contribution in [0.2, 0.25) is 5.02 Å². The van der Waals surface area contributed by atoms with E-state index in [0.717, 1.165) is 25.3 Å². The van der Waals surface area contributed by atoms with Crippen molar-refractivity contribution in [1.82, 2.24) is 4.98 Å². The number of hydrogen-bond acceptors (Lipinski definition) is 8. The van der Waals surface area contributed by atoms with Crippen molar-refractivity contribution in [3.63, 3.8) is 0 Å². The largest absolute Gasteiger partial charge is 1.00 e. The first-order valence-corrected chi connectivity index (χ1v) is 15.2. The number of nitrogens with zero attached hydrogens (tertiary/aromatic N) is 1. The van der Waals surface area contributed by atoms with Gasteiger partial charge in [-0.15, -0.1) is 0 Å². The summed E-state index contributed by atoms with van der Waals surface area (Å²) in [6.07, 6.45) is 5.19. The van der Waals surface area contributed by atoms with Gasteiger partial charge in [0.15, 0.2) is 23.1 Å². The number of rotatable bonds is 15. The fraction of sp³-hybridized carbons (Fsp3) is 0.294. The molecule has 47 heavy (non-hydrogen) atoms. The number of ether oxygens (including phenoxy) is 3. The van der Waals surface area contributed by atoms with Crippen molar-refractivity contribution in [2.45, 2.75) is 44.9 Å². The van der Waals surface area contributed by atoms with Crippen LogP contribution in [0.5, 0.6) is 23.0 Å². The maximum Gasteiger partial charge on any atom is 1.00 e. The molecule has 0 spiro atoms. The number of hydrogen-bond donors (Lipinski definition) is 2. The Morgan fingerprint density at radius 3 is 2.28 bits per heavy atom. The van der Waals surface area contributed by atoms with Gasteiger partial charge >= 0.3 is 29.6 Å². The van der Waals surface area contributed by atoms with Crippen LogP contribution in [0.4, 0.5) is 15.8 Å². The molecule has 13 heteroatoms. The van der Waals surface area contributed by atoms with Crippen molar-refractivity contribution >= 4 is 51.7 Å². The number of nitrogens with one attached hydrogen (secondary N) is 2. The number of benzene rings is 3. The number of aliphatic carboxylic acids is 1. The van der Waals surface area contributed by atoms with Crippen LogP contribution in [0.15, 0.2) is 66.9 Å². The molecule has 1 aliphatic rings. The van der Waals surface area contributed by atoms with Gasteiger partial charge in [-0.1, -0.05) is 30.5 Å². The predicted molar refractivity (Wildman–Crippen MR) is 169 cm³/mol. The van der Waals surface area contributed by atoms with Crippen LogP contribution in [0.25, 0.3) is 10.9 Å². The summed E-state index contributed by atoms with van der Waals surface area (Å²) < 4.78 is 32.6. The van der Waals surface area contributed by atoms with Gasteiger partial charge in [-0.25, -0.2) is 4.39 Å². The van der Waals surface area contributed by atoms with Gasteiger partial charge in [0, 0.05) is 46.1 Å². The Morgan fingerprint density at radius 2 is 1.62 bits per heavy atom. The topological polar surface area (TPSA) is 139 Å². The summed E-state index contributed by atoms with van der Waals surface area (Å²) in [6.45, 7) is 0.408. The average Bonchev–Trinajstić information content (AvgIpc) is 3.84. The molecule has 0 bridgehead atoms. The zero-order valence-corrected chi connectivity index (χ0v) is 28.8. The first kappa shape index (κ1) is 35.9. The molecule has 1 aliphatic carbocycles. The number of anilines is 2. The number of carboxylic acid groups (broad SMARTS) is 1. The molecular weight excluding hydrogens is 640 g/mol. The van der Waals surface area contributed by atoms with Gasteiger partial charge in [-0.3, -0.25) is 14.6 Å². The van der Waals surface area contributed by atoms with Crippen LogP contribution in [0.3, 0.4) is 0 Å². The van der Waals surface area contributed by atoms with Crippen LogP contribution in [0, 0.1) is 11.2 Å². The summed E-state index contributed by atoms with van der Waals surface area (Å²) in [7, 11) is 1.50. The van der Waals surface area contributed by atoms with Crippen LogP contribution in [-0.2, 0) is 14.4 Å². The molecule has 4 aromatic rings. The van der Waals surface area contributed by atoms with Crippen LogP contribution < -0.4 is 59.5 Å². The first-order chi connectivity index (χ1) is 22.2. The molecule has 1 saturated carbocycles. The maximum atomic E-state index is 15.2. The number of unbranched alkanes of at least 4 members (excludes halogenated alkanes) is 3. The molecule has 0 unspecified atom stereocenters. The quantitative estimate of drug-likeness (QED) is 0.112. The molecule has 0 aliphatic heterocycles. The molecule has 3 aromatic carbocycles. The molecule has 1 aromatic heterocycles. The third kappa shape index (κ3) is 9.13. The minimum absolute atomic E-state index is 0. The number of methoxy groups -OCH3 is 1. The summed E-state index contributed by atoms with van der Waals surface area (Å²) in [4.78, 5) is 40.9. The monoisotopic (exact) mass is 671 g/mol. The van der Waals surface area contributed by atoms with Crippen LogP contribution in [-0.4, -0.2) is 36.5 Å². The Bertz CT molecular complexity index is 1770. The van der Waals surface area contributed by atoms with Gasteiger partial charge in [-0.2, -0.15) is 0 Å². The number of carbonyl (C=O) groups excluding carboxylic acids is 3. The molecule has 2 N–H and O–H groups in total. The zero-order chi connectivity index (χ0) is 32.7. The second kappa shape index (κ2) is 16.3. The number of halogens is 2. The van der Waals surface area contributed by atoms with Crippen molar-refractivity contribution in [3.8, 4) is 23.0 Å². The molecule has 10 nitrogen and oxygen atoms in total. The average molecular weight is 672 g/mol. The smallest absolute Gasteiger partial charge is 0.550 e. The van der Waals surface area contributed by atoms with Crippen molar-refractivity contribution in [2.24, 2.45) is 5.41 Å². The molecule has 240 valence electrons. The second-order valence-corrected chi connectivity index (χ2v) is 11.4. The minimum atomic E-state index is -1.24. The van der Waals surface area contributed by atoms with E-state index in [1.165, 1.54) is 25.4 Å². The van der Waals surface area contributed by atoms with Crippen LogP contribution >= 0.6 is 11.6 Å². The van der Waals surface area contributed by atoms with Crippen molar-refractivity contribution in [2.75, 3.05) is 24.4 Å². The Balaban J connectivity index is 0.00000500. The molecule has 5 rings (SSSR count). The Morgan fingerprint density at radius 1 is 0.894 bits per heavy atom. The van der Waals surface area contributed by atoms with E-state index in [1.54, 1.807) is 42.5 Å². The summed E-state index contributed by atoms with van der Waals surface area (Å²) in [6, 6.07) is 15.7. The molecule has 1 heterocycles. The number of carboxylic acids is 1. The fourth-order valence-corrected chi connectivity index (χ4v) is 5.12. The Kier molecular flexibility index (Phi) is 12.4. The van der Waals surface area contributed by atoms with Gasteiger partial charge in [0.2, 0.25) is 11.8 Å². The Hall–Kier alpha value is -3.90. The van der Waals surface area contributed by atoms with Crippen molar-refractivity contribution < 1.29 is 67.6 Å². The zero-order valence-electron chi connectivity index (χ0n) is 26.1. The second-order valence-electron chi connectivity index (χ2n) is 11.0. The molecule has 2 amide bonds. The summed E-state index contributed by atoms with van der Waals surface area (Å²) in [5.74, 6) is -1.58. The normalized spacial score (nSPS) is 12.8. The van der Waals surface area contributed by atoms with Crippen molar-refractivity contribution in [1.29, 1.82) is 0 Å². The van der Waals surface area contributed by atoms with Crippen molar-refractivity contribution in [3.05, 3.63) is 77.7 Å². The van der Waals surface area contributed by atoms with E-state index in [4.69, 9.17) is 25.8 Å². The standard InChI is InChI=1S/C34H33ClFN3O7.Na/c1-44-29-19-24-26(20-30(29)45-16-5-3-2-4-9-31(40)41)37-15-12-27(24)46-28-11-10-23(18-25(28)36)39-33(43)34(13-14-34)32(42)38-22-8-6-7-21(35)17-22;/h6-8,10-12,15,17-20H,2-5,9,13-14,16H2,1H3,(H,38,42)(H,39,43)(H,40,41);/q;+1/p-1. The maximum absolute atomic E-state index is 15.2. The molecule has 0 radical (unpaired) electrons. The molecular formula is C34H32ClFN3NaO7. The van der Waals surface area contributed by atoms with E-state index < -0.39 is 29.0 Å². The van der Waals surface area contributed by atoms with E-state index >= 15 is 4.39 Å². The Labute approximate surface area is 298 Å². The van der Waals surface area contributed by atoms with E-state index in [-0.39, 0.29) is 47.4 Å². The predicted octanol–water partition coefficient (Wildman–Crippen LogP) is 3.27. The van der Waals surface area contributed by atoms with Crippen LogP contribution in [0.1, 0.15) is 44.9 Å². The number of aromatic nitrogens is 1. The first-order valence-electron chi connectivity index (χ1n) is 14.8. The van der Waals surface area contributed by atoms with E-state index in [2.05, 4.69) is 15.6 Å². The summed E-state index contributed by atoms with van der Waals surface area (Å²) in [5.41, 5.74) is -0.0455. The third-order valence-electron chi connectivity index (χ3n) is 7.63. The van der Waals surface area contributed by atoms with Gasteiger partial charge in [0.05, 0.1) is 19.2 Å². The number of amides is 2. The van der Waals surface area contributed by atoms with Gasteiger partial charge < -0.3 is 34.7 Å². The van der Waals surface area contributed by atoms with Gasteiger partial charge in [-0.05, 0) is 74.6 Å². The number of pyridine rings is 1. The fourth-order valence-electron chi connectivity index (χ4n) is 4.93. The number of fused-ring (bicyclic) bond motifs is 1.